The van der Waals surface area contributed by atoms with Gasteiger partial charge in [0.15, 0.2) is 0 Å². The molecule has 0 saturated heterocycles. The Labute approximate surface area is 85.8 Å². The number of rotatable bonds is 3. The fourth-order valence-corrected chi connectivity index (χ4v) is 2.62. The maximum atomic E-state index is 11.4. The maximum absolute atomic E-state index is 11.4. The molecule has 1 aromatic heterocycles. The lowest BCUT2D eigenvalue weighted by Gasteiger charge is -2.03. The summed E-state index contributed by atoms with van der Waals surface area (Å²) in [6, 6.07) is 3.00. The molecule has 1 heterocycles. The summed E-state index contributed by atoms with van der Waals surface area (Å²) in [4.78, 5) is 10.8. The fraction of sp³-hybridized carbons (Fsp3) is 0.286. The van der Waals surface area contributed by atoms with Gasteiger partial charge in [0.05, 0.1) is 6.61 Å². The van der Waals surface area contributed by atoms with Crippen molar-refractivity contribution < 1.29 is 17.9 Å². The van der Waals surface area contributed by atoms with Crippen LogP contribution in [0.25, 0.3) is 0 Å². The summed E-state index contributed by atoms with van der Waals surface area (Å²) >= 11 is 1.03. The van der Waals surface area contributed by atoms with Crippen LogP contribution in [-0.4, -0.2) is 21.1 Å². The van der Waals surface area contributed by atoms with Crippen LogP contribution in [0.3, 0.4) is 0 Å². The van der Waals surface area contributed by atoms with E-state index in [-0.39, 0.29) is 10.8 Å². The quantitative estimate of drug-likeness (QED) is 0.854. The molecule has 0 spiro atoms. The van der Waals surface area contributed by atoms with E-state index in [0.29, 0.717) is 0 Å². The first-order chi connectivity index (χ1) is 6.56. The lowest BCUT2D eigenvalue weighted by atomic mass is 10.7. The first-order valence-electron chi connectivity index (χ1n) is 3.79. The lowest BCUT2D eigenvalue weighted by Crippen LogP contribution is -2.30. The predicted molar refractivity (Wildman–Crippen MR) is 51.7 cm³/mol. The Balaban J connectivity index is 2.74. The van der Waals surface area contributed by atoms with Crippen molar-refractivity contribution in [1.29, 1.82) is 0 Å². The lowest BCUT2D eigenvalue weighted by molar-refractivity contribution is 0.158. The molecule has 78 valence electrons. The van der Waals surface area contributed by atoms with Crippen molar-refractivity contribution in [3.63, 3.8) is 0 Å². The Hall–Kier alpha value is -1.08. The van der Waals surface area contributed by atoms with E-state index in [1.165, 1.54) is 6.07 Å². The number of thiophene rings is 1. The topological polar surface area (TPSA) is 72.5 Å². The minimum absolute atomic E-state index is 0.0885. The largest absolute Gasteiger partial charge is 0.449 e. The van der Waals surface area contributed by atoms with E-state index >= 15 is 0 Å². The third-order valence-corrected chi connectivity index (χ3v) is 3.96. The summed E-state index contributed by atoms with van der Waals surface area (Å²) in [5.74, 6) is 0. The number of sulfonamides is 1. The molecule has 1 amide bonds. The minimum atomic E-state index is -3.74. The average molecular weight is 235 g/mol. The molecule has 5 nitrogen and oxygen atoms in total. The van der Waals surface area contributed by atoms with Crippen molar-refractivity contribution in [3.8, 4) is 0 Å². The Bertz CT molecular complexity index is 395. The second-order valence-electron chi connectivity index (χ2n) is 2.26. The van der Waals surface area contributed by atoms with Crippen LogP contribution < -0.4 is 4.72 Å². The molecule has 0 radical (unpaired) electrons. The Kier molecular flexibility index (Phi) is 3.48. The van der Waals surface area contributed by atoms with Crippen LogP contribution in [0.2, 0.25) is 0 Å². The molecule has 14 heavy (non-hydrogen) atoms. The Morgan fingerprint density at radius 1 is 1.64 bits per heavy atom. The van der Waals surface area contributed by atoms with Crippen molar-refractivity contribution in [2.75, 3.05) is 6.61 Å². The van der Waals surface area contributed by atoms with Crippen LogP contribution in [0, 0.1) is 0 Å². The molecule has 0 aromatic carbocycles. The maximum Gasteiger partial charge on any atom is 0.421 e. The second kappa shape index (κ2) is 4.43. The summed E-state index contributed by atoms with van der Waals surface area (Å²) in [6.45, 7) is 1.73. The van der Waals surface area contributed by atoms with Crippen LogP contribution in [-0.2, 0) is 14.8 Å². The monoisotopic (exact) mass is 235 g/mol. The molecular weight excluding hydrogens is 226 g/mol. The normalized spacial score (nSPS) is 10.9. The number of ether oxygens (including phenoxy) is 1. The number of carbonyl (C=O) groups is 1. The van der Waals surface area contributed by atoms with Crippen LogP contribution >= 0.6 is 11.3 Å². The highest BCUT2D eigenvalue weighted by molar-refractivity contribution is 7.92. The van der Waals surface area contributed by atoms with Gasteiger partial charge in [0.2, 0.25) is 0 Å². The van der Waals surface area contributed by atoms with E-state index < -0.39 is 16.1 Å². The zero-order valence-electron chi connectivity index (χ0n) is 7.39. The Morgan fingerprint density at radius 3 is 2.86 bits per heavy atom. The van der Waals surface area contributed by atoms with Gasteiger partial charge in [-0.2, -0.15) is 0 Å². The van der Waals surface area contributed by atoms with Gasteiger partial charge in [0.1, 0.15) is 4.21 Å². The van der Waals surface area contributed by atoms with Gasteiger partial charge in [-0.25, -0.2) is 17.9 Å². The smallest absolute Gasteiger partial charge is 0.421 e. The molecule has 1 aromatic rings. The zero-order chi connectivity index (χ0) is 10.6. The van der Waals surface area contributed by atoms with E-state index in [1.54, 1.807) is 23.1 Å². The fourth-order valence-electron chi connectivity index (χ4n) is 0.737. The van der Waals surface area contributed by atoms with E-state index in [2.05, 4.69) is 4.74 Å². The highest BCUT2D eigenvalue weighted by Crippen LogP contribution is 2.15. The molecule has 0 saturated carbocycles. The molecule has 0 aliphatic rings. The van der Waals surface area contributed by atoms with Crippen LogP contribution in [0.15, 0.2) is 21.7 Å². The summed E-state index contributed by atoms with van der Waals surface area (Å²) < 4.78 is 29.1. The SMILES string of the molecule is CCOC(=O)NS(=O)(=O)c1cccs1. The molecule has 0 aliphatic heterocycles. The van der Waals surface area contributed by atoms with E-state index in [4.69, 9.17) is 0 Å². The molecule has 1 rings (SSSR count). The molecule has 0 bridgehead atoms. The van der Waals surface area contributed by atoms with E-state index in [1.807, 2.05) is 0 Å². The summed E-state index contributed by atoms with van der Waals surface area (Å²) in [6.07, 6.45) is -0.957. The van der Waals surface area contributed by atoms with Crippen LogP contribution in [0.1, 0.15) is 6.92 Å². The number of amides is 1. The second-order valence-corrected chi connectivity index (χ2v) is 5.11. The van der Waals surface area contributed by atoms with Crippen molar-refractivity contribution in [1.82, 2.24) is 4.72 Å². The van der Waals surface area contributed by atoms with Gasteiger partial charge in [-0.05, 0) is 18.4 Å². The van der Waals surface area contributed by atoms with Crippen molar-refractivity contribution in [2.24, 2.45) is 0 Å². The minimum Gasteiger partial charge on any atom is -0.449 e. The molecule has 0 fully saturated rings. The third kappa shape index (κ3) is 2.71. The molecular formula is C7H9NO4S2. The van der Waals surface area contributed by atoms with Crippen LogP contribution in [0.4, 0.5) is 4.79 Å². The number of hydrogen-bond donors (Lipinski definition) is 1. The molecule has 0 unspecified atom stereocenters. The number of carbonyl (C=O) groups excluding carboxylic acids is 1. The summed E-state index contributed by atoms with van der Waals surface area (Å²) in [7, 11) is -3.74. The predicted octanol–water partition coefficient (Wildman–Crippen LogP) is 1.18. The molecule has 7 heteroatoms. The molecule has 0 atom stereocenters. The Morgan fingerprint density at radius 2 is 2.36 bits per heavy atom. The standard InChI is InChI=1S/C7H9NO4S2/c1-2-12-7(9)8-14(10,11)6-4-3-5-13-6/h3-5H,2H2,1H3,(H,8,9). The molecule has 0 aliphatic carbocycles. The van der Waals surface area contributed by atoms with Gasteiger partial charge < -0.3 is 4.74 Å². The van der Waals surface area contributed by atoms with Gasteiger partial charge in [0.25, 0.3) is 10.0 Å². The van der Waals surface area contributed by atoms with Crippen molar-refractivity contribution >= 4 is 27.5 Å². The van der Waals surface area contributed by atoms with Gasteiger partial charge in [0, 0.05) is 0 Å². The van der Waals surface area contributed by atoms with Crippen LogP contribution in [0.5, 0.6) is 0 Å². The first kappa shape index (κ1) is 11.0. The van der Waals surface area contributed by atoms with Gasteiger partial charge in [-0.3, -0.25) is 0 Å². The highest BCUT2D eigenvalue weighted by atomic mass is 32.2. The number of nitrogens with one attached hydrogen (secondary N) is 1. The third-order valence-electron chi connectivity index (χ3n) is 1.25. The van der Waals surface area contributed by atoms with E-state index in [9.17, 15) is 13.2 Å². The van der Waals surface area contributed by atoms with Gasteiger partial charge in [-0.15, -0.1) is 11.3 Å². The average Bonchev–Trinajstić information content (AvgIpc) is 2.54. The zero-order valence-corrected chi connectivity index (χ0v) is 9.02. The highest BCUT2D eigenvalue weighted by Gasteiger charge is 2.18. The van der Waals surface area contributed by atoms with Crippen molar-refractivity contribution in [2.45, 2.75) is 11.1 Å². The first-order valence-corrected chi connectivity index (χ1v) is 6.15. The summed E-state index contributed by atoms with van der Waals surface area (Å²) in [5.41, 5.74) is 0. The van der Waals surface area contributed by atoms with Gasteiger partial charge >= 0.3 is 6.09 Å². The molecule has 1 N–H and O–H groups in total. The van der Waals surface area contributed by atoms with E-state index in [0.717, 1.165) is 11.3 Å². The summed E-state index contributed by atoms with van der Waals surface area (Å²) in [5, 5.41) is 1.61. The van der Waals surface area contributed by atoms with Crippen molar-refractivity contribution in [3.05, 3.63) is 17.5 Å². The number of hydrogen-bond acceptors (Lipinski definition) is 5. The van der Waals surface area contributed by atoms with Gasteiger partial charge in [-0.1, -0.05) is 6.07 Å².